The monoisotopic (exact) mass is 382 g/mol. The summed E-state index contributed by atoms with van der Waals surface area (Å²) < 4.78 is 12.0. The second kappa shape index (κ2) is 7.10. The molecule has 1 aliphatic rings. The number of carbonyl (C=O) groups is 2. The fraction of sp³-hybridized carbons (Fsp3) is 0.400. The number of aromatic nitrogens is 3. The number of methoxy groups -OCH3 is 1. The van der Waals surface area contributed by atoms with Crippen molar-refractivity contribution in [1.29, 1.82) is 0 Å². The molecule has 8 heteroatoms. The van der Waals surface area contributed by atoms with Gasteiger partial charge in [0.2, 0.25) is 0 Å². The molecule has 3 aromatic rings. The van der Waals surface area contributed by atoms with Gasteiger partial charge in [-0.2, -0.15) is 5.10 Å². The van der Waals surface area contributed by atoms with E-state index in [-0.39, 0.29) is 17.8 Å². The van der Waals surface area contributed by atoms with Crippen LogP contribution in [-0.4, -0.2) is 51.7 Å². The Morgan fingerprint density at radius 2 is 2.04 bits per heavy atom. The largest absolute Gasteiger partial charge is 0.469 e. The number of hydrogen-bond donors (Lipinski definition) is 0. The molecule has 0 aliphatic carbocycles. The molecule has 0 spiro atoms. The summed E-state index contributed by atoms with van der Waals surface area (Å²) in [5.74, 6) is 0.158. The van der Waals surface area contributed by atoms with Crippen molar-refractivity contribution in [3.63, 3.8) is 0 Å². The van der Waals surface area contributed by atoms with Gasteiger partial charge in [-0.15, -0.1) is 0 Å². The van der Waals surface area contributed by atoms with Gasteiger partial charge in [0.1, 0.15) is 5.69 Å². The SMILES string of the molecule is COC(=O)C1CCN(C(=O)c2cc(-c3ccco3)nc3c2c(C)nn3C)CC1. The van der Waals surface area contributed by atoms with Crippen LogP contribution >= 0.6 is 0 Å². The van der Waals surface area contributed by atoms with E-state index in [9.17, 15) is 9.59 Å². The maximum Gasteiger partial charge on any atom is 0.308 e. The molecule has 1 saturated heterocycles. The highest BCUT2D eigenvalue weighted by Crippen LogP contribution is 2.29. The Balaban J connectivity index is 1.71. The van der Waals surface area contributed by atoms with Gasteiger partial charge in [-0.3, -0.25) is 14.3 Å². The van der Waals surface area contributed by atoms with E-state index in [1.807, 2.05) is 20.0 Å². The van der Waals surface area contributed by atoms with Crippen molar-refractivity contribution in [2.45, 2.75) is 19.8 Å². The van der Waals surface area contributed by atoms with Gasteiger partial charge < -0.3 is 14.1 Å². The molecule has 0 radical (unpaired) electrons. The molecular formula is C20H22N4O4. The van der Waals surface area contributed by atoms with Gasteiger partial charge >= 0.3 is 5.97 Å². The zero-order chi connectivity index (χ0) is 19.8. The number of amides is 1. The predicted octanol–water partition coefficient (Wildman–Crippen LogP) is 2.56. The first kappa shape index (κ1) is 18.2. The van der Waals surface area contributed by atoms with Gasteiger partial charge in [-0.25, -0.2) is 4.98 Å². The number of fused-ring (bicyclic) bond motifs is 1. The lowest BCUT2D eigenvalue weighted by Gasteiger charge is -2.31. The van der Waals surface area contributed by atoms with Gasteiger partial charge in [-0.05, 0) is 38.0 Å². The van der Waals surface area contributed by atoms with Crippen LogP contribution in [0.15, 0.2) is 28.9 Å². The molecule has 0 saturated carbocycles. The molecule has 4 heterocycles. The van der Waals surface area contributed by atoms with E-state index in [0.29, 0.717) is 48.6 Å². The van der Waals surface area contributed by atoms with Crippen molar-refractivity contribution in [2.75, 3.05) is 20.2 Å². The van der Waals surface area contributed by atoms with E-state index >= 15 is 0 Å². The molecule has 0 aromatic carbocycles. The summed E-state index contributed by atoms with van der Waals surface area (Å²) in [7, 11) is 3.21. The first-order chi connectivity index (χ1) is 13.5. The average molecular weight is 382 g/mol. The number of hydrogen-bond acceptors (Lipinski definition) is 6. The molecule has 1 aliphatic heterocycles. The Labute approximate surface area is 162 Å². The minimum Gasteiger partial charge on any atom is -0.469 e. The van der Waals surface area contributed by atoms with Crippen LogP contribution in [0.4, 0.5) is 0 Å². The number of likely N-dealkylation sites (tertiary alicyclic amines) is 1. The molecule has 8 nitrogen and oxygen atoms in total. The molecule has 3 aromatic heterocycles. The standard InChI is InChI=1S/C20H22N4O4/c1-12-17-14(19(25)24-8-6-13(7-9-24)20(26)27-3)11-15(16-5-4-10-28-16)21-18(17)23(2)22-12/h4-5,10-11,13H,6-9H2,1-3H3. The number of ether oxygens (including phenoxy) is 1. The van der Waals surface area contributed by atoms with Crippen LogP contribution in [0, 0.1) is 12.8 Å². The van der Waals surface area contributed by atoms with Crippen molar-refractivity contribution in [2.24, 2.45) is 13.0 Å². The summed E-state index contributed by atoms with van der Waals surface area (Å²) in [6, 6.07) is 5.37. The second-order valence-corrected chi connectivity index (χ2v) is 7.03. The van der Waals surface area contributed by atoms with E-state index in [0.717, 1.165) is 11.1 Å². The highest BCUT2D eigenvalue weighted by atomic mass is 16.5. The molecular weight excluding hydrogens is 360 g/mol. The van der Waals surface area contributed by atoms with Crippen molar-refractivity contribution < 1.29 is 18.7 Å². The quantitative estimate of drug-likeness (QED) is 0.647. The van der Waals surface area contributed by atoms with E-state index in [1.54, 1.807) is 28.0 Å². The van der Waals surface area contributed by atoms with Crippen LogP contribution in [0.3, 0.4) is 0 Å². The predicted molar refractivity (Wildman–Crippen MR) is 102 cm³/mol. The van der Waals surface area contributed by atoms with Crippen LogP contribution < -0.4 is 0 Å². The third-order valence-corrected chi connectivity index (χ3v) is 5.29. The number of esters is 1. The van der Waals surface area contributed by atoms with Crippen LogP contribution in [0.25, 0.3) is 22.5 Å². The molecule has 4 rings (SSSR count). The van der Waals surface area contributed by atoms with Gasteiger partial charge in [0.15, 0.2) is 11.4 Å². The number of aryl methyl sites for hydroxylation is 2. The van der Waals surface area contributed by atoms with Crippen molar-refractivity contribution in [1.82, 2.24) is 19.7 Å². The van der Waals surface area contributed by atoms with Gasteiger partial charge in [0.05, 0.1) is 35.9 Å². The first-order valence-corrected chi connectivity index (χ1v) is 9.25. The number of pyridine rings is 1. The third kappa shape index (κ3) is 3.04. The van der Waals surface area contributed by atoms with E-state index < -0.39 is 0 Å². The summed E-state index contributed by atoms with van der Waals surface area (Å²) in [5.41, 5.74) is 2.54. The van der Waals surface area contributed by atoms with E-state index in [2.05, 4.69) is 10.1 Å². The second-order valence-electron chi connectivity index (χ2n) is 7.03. The third-order valence-electron chi connectivity index (χ3n) is 5.29. The van der Waals surface area contributed by atoms with Crippen LogP contribution in [0.2, 0.25) is 0 Å². The number of carbonyl (C=O) groups excluding carboxylic acids is 2. The Morgan fingerprint density at radius 3 is 2.68 bits per heavy atom. The summed E-state index contributed by atoms with van der Waals surface area (Å²) in [5, 5.41) is 5.19. The topological polar surface area (TPSA) is 90.5 Å². The zero-order valence-corrected chi connectivity index (χ0v) is 16.1. The highest BCUT2D eigenvalue weighted by Gasteiger charge is 2.30. The summed E-state index contributed by atoms with van der Waals surface area (Å²) in [6.45, 7) is 2.90. The summed E-state index contributed by atoms with van der Waals surface area (Å²) in [6.07, 6.45) is 2.78. The molecule has 146 valence electrons. The van der Waals surface area contributed by atoms with Gasteiger partial charge in [0, 0.05) is 20.1 Å². The number of nitrogens with zero attached hydrogens (tertiary/aromatic N) is 4. The van der Waals surface area contributed by atoms with E-state index in [1.165, 1.54) is 7.11 Å². The lowest BCUT2D eigenvalue weighted by atomic mass is 9.96. The minimum atomic E-state index is -0.207. The molecule has 0 bridgehead atoms. The van der Waals surface area contributed by atoms with Crippen LogP contribution in [0.1, 0.15) is 28.9 Å². The van der Waals surface area contributed by atoms with Crippen molar-refractivity contribution >= 4 is 22.9 Å². The molecule has 0 N–H and O–H groups in total. The Morgan fingerprint density at radius 1 is 1.29 bits per heavy atom. The highest BCUT2D eigenvalue weighted by molar-refractivity contribution is 6.07. The minimum absolute atomic E-state index is 0.0837. The lowest BCUT2D eigenvalue weighted by molar-refractivity contribution is -0.146. The van der Waals surface area contributed by atoms with Crippen LogP contribution in [-0.2, 0) is 16.6 Å². The van der Waals surface area contributed by atoms with Crippen LogP contribution in [0.5, 0.6) is 0 Å². The van der Waals surface area contributed by atoms with E-state index in [4.69, 9.17) is 9.15 Å². The maximum absolute atomic E-state index is 13.4. The van der Waals surface area contributed by atoms with Gasteiger partial charge in [-0.1, -0.05) is 0 Å². The first-order valence-electron chi connectivity index (χ1n) is 9.25. The van der Waals surface area contributed by atoms with Crippen molar-refractivity contribution in [3.8, 4) is 11.5 Å². The number of rotatable bonds is 3. The number of piperidine rings is 1. The smallest absolute Gasteiger partial charge is 0.308 e. The summed E-state index contributed by atoms with van der Waals surface area (Å²) in [4.78, 5) is 31.5. The Kier molecular flexibility index (Phi) is 4.62. The maximum atomic E-state index is 13.4. The Hall–Kier alpha value is -3.16. The fourth-order valence-electron chi connectivity index (χ4n) is 3.82. The molecule has 0 unspecified atom stereocenters. The molecule has 1 fully saturated rings. The molecule has 1 amide bonds. The molecule has 28 heavy (non-hydrogen) atoms. The lowest BCUT2D eigenvalue weighted by Crippen LogP contribution is -2.40. The molecule has 0 atom stereocenters. The van der Waals surface area contributed by atoms with Gasteiger partial charge in [0.25, 0.3) is 5.91 Å². The average Bonchev–Trinajstić information content (AvgIpc) is 3.35. The zero-order valence-electron chi connectivity index (χ0n) is 16.1. The fourth-order valence-corrected chi connectivity index (χ4v) is 3.82. The summed E-state index contributed by atoms with van der Waals surface area (Å²) >= 11 is 0. The number of furan rings is 1. The Bertz CT molecular complexity index is 1030. The van der Waals surface area contributed by atoms with Crippen molar-refractivity contribution in [3.05, 3.63) is 35.7 Å². The normalized spacial score (nSPS) is 15.2.